The Hall–Kier alpha value is -2.05. The highest BCUT2D eigenvalue weighted by atomic mass is 35.5. The average molecular weight is 328 g/mol. The molecule has 110 valence electrons. The summed E-state index contributed by atoms with van der Waals surface area (Å²) in [4.78, 5) is 18.3. The number of carboxylic acid groups (broad SMARTS) is 1. The van der Waals surface area contributed by atoms with Crippen molar-refractivity contribution in [2.75, 3.05) is 18.5 Å². The summed E-state index contributed by atoms with van der Waals surface area (Å²) in [5.74, 6) is -0.160. The van der Waals surface area contributed by atoms with Gasteiger partial charge in [-0.3, -0.25) is 0 Å². The first kappa shape index (κ1) is 15.3. The lowest BCUT2D eigenvalue weighted by atomic mass is 10.3. The number of aromatic carboxylic acids is 1. The third-order valence-electron chi connectivity index (χ3n) is 2.45. The summed E-state index contributed by atoms with van der Waals surface area (Å²) in [6.07, 6.45) is 2.52. The lowest BCUT2D eigenvalue weighted by Crippen LogP contribution is -2.13. The summed E-state index contributed by atoms with van der Waals surface area (Å²) < 4.78 is 5.48. The van der Waals surface area contributed by atoms with Gasteiger partial charge in [-0.15, -0.1) is 0 Å². The zero-order valence-corrected chi connectivity index (χ0v) is 12.2. The highest BCUT2D eigenvalue weighted by Crippen LogP contribution is 2.31. The van der Waals surface area contributed by atoms with Crippen LogP contribution in [0.1, 0.15) is 10.5 Å². The minimum atomic E-state index is -1.12. The van der Waals surface area contributed by atoms with Crippen LogP contribution in [-0.4, -0.2) is 34.2 Å². The first-order chi connectivity index (χ1) is 10.1. The first-order valence-corrected chi connectivity index (χ1v) is 6.69. The van der Waals surface area contributed by atoms with E-state index in [0.29, 0.717) is 34.8 Å². The summed E-state index contributed by atoms with van der Waals surface area (Å²) in [5.41, 5.74) is -0.109. The zero-order valence-electron chi connectivity index (χ0n) is 10.7. The highest BCUT2D eigenvalue weighted by molar-refractivity contribution is 6.42. The van der Waals surface area contributed by atoms with Gasteiger partial charge in [0.15, 0.2) is 5.69 Å². The van der Waals surface area contributed by atoms with Crippen LogP contribution in [0.25, 0.3) is 0 Å². The van der Waals surface area contributed by atoms with Crippen molar-refractivity contribution in [1.82, 2.24) is 9.97 Å². The van der Waals surface area contributed by atoms with Gasteiger partial charge in [-0.25, -0.2) is 14.8 Å². The summed E-state index contributed by atoms with van der Waals surface area (Å²) in [7, 11) is 0. The largest absolute Gasteiger partial charge is 0.490 e. The molecule has 0 unspecified atom stereocenters. The predicted molar refractivity (Wildman–Crippen MR) is 79.4 cm³/mol. The quantitative estimate of drug-likeness (QED) is 0.793. The number of rotatable bonds is 6. The number of halogens is 2. The van der Waals surface area contributed by atoms with E-state index in [2.05, 4.69) is 15.3 Å². The van der Waals surface area contributed by atoms with Crippen LogP contribution in [0.5, 0.6) is 5.75 Å². The third-order valence-corrected chi connectivity index (χ3v) is 3.25. The second kappa shape index (κ2) is 7.10. The Kier molecular flexibility index (Phi) is 5.19. The smallest absolute Gasteiger partial charge is 0.356 e. The Morgan fingerprint density at radius 1 is 1.29 bits per heavy atom. The van der Waals surface area contributed by atoms with Crippen LogP contribution < -0.4 is 10.1 Å². The molecule has 0 spiro atoms. The van der Waals surface area contributed by atoms with E-state index in [1.807, 2.05) is 0 Å². The third kappa shape index (κ3) is 4.21. The molecule has 0 aliphatic heterocycles. The molecule has 21 heavy (non-hydrogen) atoms. The monoisotopic (exact) mass is 327 g/mol. The molecule has 1 aromatic heterocycles. The van der Waals surface area contributed by atoms with Crippen molar-refractivity contribution < 1.29 is 14.6 Å². The fraction of sp³-hybridized carbons (Fsp3) is 0.154. The highest BCUT2D eigenvalue weighted by Gasteiger charge is 2.06. The van der Waals surface area contributed by atoms with Gasteiger partial charge in [-0.1, -0.05) is 29.3 Å². The van der Waals surface area contributed by atoms with Crippen LogP contribution in [0.3, 0.4) is 0 Å². The van der Waals surface area contributed by atoms with Crippen molar-refractivity contribution in [3.63, 3.8) is 0 Å². The molecular formula is C13H11Cl2N3O3. The Morgan fingerprint density at radius 3 is 2.76 bits per heavy atom. The molecule has 0 radical (unpaired) electrons. The first-order valence-electron chi connectivity index (χ1n) is 5.94. The Bertz CT molecular complexity index is 635. The van der Waals surface area contributed by atoms with E-state index in [0.717, 1.165) is 0 Å². The maximum Gasteiger partial charge on any atom is 0.356 e. The molecule has 2 rings (SSSR count). The number of aromatic nitrogens is 2. The normalized spacial score (nSPS) is 10.2. The number of nitrogens with one attached hydrogen (secondary N) is 1. The van der Waals surface area contributed by atoms with Gasteiger partial charge in [0.1, 0.15) is 23.2 Å². The van der Waals surface area contributed by atoms with E-state index in [4.69, 9.17) is 33.0 Å². The molecule has 2 aromatic rings. The Labute approximate surface area is 130 Å². The number of nitrogens with zero attached hydrogens (tertiary/aromatic N) is 2. The Morgan fingerprint density at radius 2 is 2.10 bits per heavy atom. The average Bonchev–Trinajstić information content (AvgIpc) is 2.48. The van der Waals surface area contributed by atoms with Crippen molar-refractivity contribution >= 4 is 35.0 Å². The maximum atomic E-state index is 10.6. The lowest BCUT2D eigenvalue weighted by Gasteiger charge is -2.09. The van der Waals surface area contributed by atoms with E-state index in [-0.39, 0.29) is 5.69 Å². The number of hydrogen-bond acceptors (Lipinski definition) is 5. The lowest BCUT2D eigenvalue weighted by molar-refractivity contribution is 0.0690. The second-order valence-electron chi connectivity index (χ2n) is 3.92. The molecule has 1 aromatic carbocycles. The van der Waals surface area contributed by atoms with Crippen molar-refractivity contribution in [1.29, 1.82) is 0 Å². The van der Waals surface area contributed by atoms with Gasteiger partial charge in [-0.2, -0.15) is 0 Å². The minimum Gasteiger partial charge on any atom is -0.490 e. The van der Waals surface area contributed by atoms with E-state index in [9.17, 15) is 4.79 Å². The van der Waals surface area contributed by atoms with E-state index in [1.54, 1.807) is 18.2 Å². The fourth-order valence-corrected chi connectivity index (χ4v) is 1.81. The van der Waals surface area contributed by atoms with Gasteiger partial charge >= 0.3 is 5.97 Å². The van der Waals surface area contributed by atoms with Gasteiger partial charge in [0.25, 0.3) is 0 Å². The standard InChI is InChI=1S/C13H11Cl2N3O3/c14-8-2-1-3-10(12(8)15)21-5-4-16-11-7-17-9(6-18-11)13(19)20/h1-3,6-7H,4-5H2,(H,16,18)(H,19,20). The summed E-state index contributed by atoms with van der Waals surface area (Å²) in [5, 5.41) is 12.4. The summed E-state index contributed by atoms with van der Waals surface area (Å²) >= 11 is 11.9. The van der Waals surface area contributed by atoms with Gasteiger partial charge in [0.2, 0.25) is 0 Å². The van der Waals surface area contributed by atoms with Crippen LogP contribution in [0, 0.1) is 0 Å². The fourth-order valence-electron chi connectivity index (χ4n) is 1.47. The van der Waals surface area contributed by atoms with Crippen LogP contribution in [0.15, 0.2) is 30.6 Å². The van der Waals surface area contributed by atoms with E-state index >= 15 is 0 Å². The summed E-state index contributed by atoms with van der Waals surface area (Å²) in [6.45, 7) is 0.784. The molecular weight excluding hydrogens is 317 g/mol. The van der Waals surface area contributed by atoms with Gasteiger partial charge < -0.3 is 15.2 Å². The topological polar surface area (TPSA) is 84.3 Å². The number of hydrogen-bond donors (Lipinski definition) is 2. The number of ether oxygens (including phenoxy) is 1. The molecule has 8 heteroatoms. The number of carbonyl (C=O) groups is 1. The molecule has 0 atom stereocenters. The van der Waals surface area contributed by atoms with Gasteiger partial charge in [-0.05, 0) is 12.1 Å². The zero-order chi connectivity index (χ0) is 15.2. The Balaban J connectivity index is 1.82. The van der Waals surface area contributed by atoms with Crippen molar-refractivity contribution in [3.05, 3.63) is 46.3 Å². The molecule has 0 bridgehead atoms. The number of anilines is 1. The van der Waals surface area contributed by atoms with Crippen LogP contribution in [0.2, 0.25) is 10.0 Å². The summed E-state index contributed by atoms with van der Waals surface area (Å²) in [6, 6.07) is 5.14. The van der Waals surface area contributed by atoms with E-state index in [1.165, 1.54) is 12.4 Å². The van der Waals surface area contributed by atoms with E-state index < -0.39 is 5.97 Å². The molecule has 0 aliphatic rings. The van der Waals surface area contributed by atoms with Crippen LogP contribution >= 0.6 is 23.2 Å². The van der Waals surface area contributed by atoms with Crippen molar-refractivity contribution in [2.24, 2.45) is 0 Å². The van der Waals surface area contributed by atoms with Gasteiger partial charge in [0.05, 0.1) is 24.0 Å². The van der Waals surface area contributed by atoms with Gasteiger partial charge in [0, 0.05) is 0 Å². The molecule has 2 N–H and O–H groups in total. The molecule has 1 heterocycles. The second-order valence-corrected chi connectivity index (χ2v) is 4.70. The number of benzene rings is 1. The van der Waals surface area contributed by atoms with Crippen LogP contribution in [-0.2, 0) is 0 Å². The van der Waals surface area contributed by atoms with Crippen molar-refractivity contribution in [2.45, 2.75) is 0 Å². The molecule has 0 aliphatic carbocycles. The molecule has 0 saturated carbocycles. The molecule has 0 saturated heterocycles. The van der Waals surface area contributed by atoms with Crippen molar-refractivity contribution in [3.8, 4) is 5.75 Å². The predicted octanol–water partition coefficient (Wildman–Crippen LogP) is 2.97. The maximum absolute atomic E-state index is 10.6. The number of carboxylic acids is 1. The SMILES string of the molecule is O=C(O)c1cnc(NCCOc2cccc(Cl)c2Cl)cn1. The molecule has 6 nitrogen and oxygen atoms in total. The minimum absolute atomic E-state index is 0.109. The molecule has 0 amide bonds. The molecule has 0 fully saturated rings. The van der Waals surface area contributed by atoms with Crippen LogP contribution in [0.4, 0.5) is 5.82 Å².